The van der Waals surface area contributed by atoms with Crippen LogP contribution in [0.3, 0.4) is 0 Å². The fraction of sp³-hybridized carbons (Fsp3) is 0.529. The average Bonchev–Trinajstić information content (AvgIpc) is 2.49. The highest BCUT2D eigenvalue weighted by Gasteiger charge is 2.33. The Morgan fingerprint density at radius 2 is 2.00 bits per heavy atom. The topological polar surface area (TPSA) is 52.9 Å². The Hall–Kier alpha value is -1.47. The van der Waals surface area contributed by atoms with Gasteiger partial charge in [0.2, 0.25) is 5.91 Å². The van der Waals surface area contributed by atoms with Crippen LogP contribution in [0.1, 0.15) is 43.2 Å². The van der Waals surface area contributed by atoms with Gasteiger partial charge in [-0.05, 0) is 49.9 Å². The molecule has 1 saturated carbocycles. The lowest BCUT2D eigenvalue weighted by Gasteiger charge is -2.31. The molecule has 4 heteroatoms. The van der Waals surface area contributed by atoms with Crippen LogP contribution in [0.4, 0.5) is 0 Å². The lowest BCUT2D eigenvalue weighted by Crippen LogP contribution is -2.49. The van der Waals surface area contributed by atoms with Gasteiger partial charge in [0.05, 0.1) is 11.8 Å². The highest BCUT2D eigenvalue weighted by molar-refractivity contribution is 8.00. The molecule has 1 aliphatic carbocycles. The minimum Gasteiger partial charge on any atom is -0.337 e. The molecule has 21 heavy (non-hydrogen) atoms. The van der Waals surface area contributed by atoms with E-state index in [2.05, 4.69) is 37.4 Å². The zero-order valence-electron chi connectivity index (χ0n) is 12.7. The molecule has 1 aromatic rings. The Kier molecular flexibility index (Phi) is 5.30. The van der Waals surface area contributed by atoms with Crippen molar-refractivity contribution < 1.29 is 4.79 Å². The summed E-state index contributed by atoms with van der Waals surface area (Å²) in [6, 6.07) is 8.55. The number of rotatable bonds is 4. The fourth-order valence-electron chi connectivity index (χ4n) is 2.68. The van der Waals surface area contributed by atoms with E-state index in [0.29, 0.717) is 5.75 Å². The van der Waals surface area contributed by atoms with Gasteiger partial charge < -0.3 is 5.32 Å². The second-order valence-corrected chi connectivity index (χ2v) is 6.89. The maximum Gasteiger partial charge on any atom is 0.231 e. The molecule has 0 atom stereocenters. The molecule has 1 amide bonds. The second-order valence-electron chi connectivity index (χ2n) is 5.84. The maximum absolute atomic E-state index is 12.1. The molecule has 1 N–H and O–H groups in total. The number of benzene rings is 1. The molecule has 0 aliphatic heterocycles. The van der Waals surface area contributed by atoms with Gasteiger partial charge in [0.15, 0.2) is 0 Å². The molecule has 0 bridgehead atoms. The molecule has 112 valence electrons. The molecule has 1 aliphatic rings. The van der Waals surface area contributed by atoms with Gasteiger partial charge in [-0.2, -0.15) is 5.26 Å². The van der Waals surface area contributed by atoms with Gasteiger partial charge in [0.1, 0.15) is 5.54 Å². The summed E-state index contributed by atoms with van der Waals surface area (Å²) in [5, 5.41) is 12.3. The quantitative estimate of drug-likeness (QED) is 0.862. The SMILES string of the molecule is Cc1ccc(SCC(=O)NC2(C#N)CCCCC2)cc1C. The van der Waals surface area contributed by atoms with E-state index < -0.39 is 5.54 Å². The predicted molar refractivity (Wildman–Crippen MR) is 86.2 cm³/mol. The van der Waals surface area contributed by atoms with Gasteiger partial charge in [-0.15, -0.1) is 11.8 Å². The summed E-state index contributed by atoms with van der Waals surface area (Å²) in [5.41, 5.74) is 1.87. The van der Waals surface area contributed by atoms with Crippen LogP contribution >= 0.6 is 11.8 Å². The number of amides is 1. The monoisotopic (exact) mass is 302 g/mol. The first-order valence-electron chi connectivity index (χ1n) is 7.47. The van der Waals surface area contributed by atoms with Crippen LogP contribution < -0.4 is 5.32 Å². The molecule has 1 fully saturated rings. The summed E-state index contributed by atoms with van der Waals surface area (Å²) in [6.07, 6.45) is 4.78. The van der Waals surface area contributed by atoms with Crippen LogP contribution in [-0.4, -0.2) is 17.2 Å². The minimum absolute atomic E-state index is 0.0401. The van der Waals surface area contributed by atoms with Crippen molar-refractivity contribution in [3.05, 3.63) is 29.3 Å². The summed E-state index contributed by atoms with van der Waals surface area (Å²) in [4.78, 5) is 13.2. The number of aryl methyl sites for hydroxylation is 2. The summed E-state index contributed by atoms with van der Waals surface area (Å²) < 4.78 is 0. The average molecular weight is 302 g/mol. The van der Waals surface area contributed by atoms with Crippen molar-refractivity contribution >= 4 is 17.7 Å². The zero-order chi connectivity index (χ0) is 15.3. The van der Waals surface area contributed by atoms with Crippen LogP contribution in [0.2, 0.25) is 0 Å². The Morgan fingerprint density at radius 3 is 2.62 bits per heavy atom. The number of carbonyl (C=O) groups is 1. The van der Waals surface area contributed by atoms with Crippen molar-refractivity contribution in [2.24, 2.45) is 0 Å². The molecule has 0 unspecified atom stereocenters. The van der Waals surface area contributed by atoms with Gasteiger partial charge in [0, 0.05) is 4.90 Å². The number of hydrogen-bond acceptors (Lipinski definition) is 3. The molecule has 0 radical (unpaired) electrons. The molecule has 0 saturated heterocycles. The minimum atomic E-state index is -0.626. The van der Waals surface area contributed by atoms with Gasteiger partial charge in [0.25, 0.3) is 0 Å². The molecule has 0 spiro atoms. The second kappa shape index (κ2) is 7.00. The summed E-state index contributed by atoms with van der Waals surface area (Å²) in [5.74, 6) is 0.327. The van der Waals surface area contributed by atoms with E-state index in [1.807, 2.05) is 6.07 Å². The molecule has 0 aromatic heterocycles. The van der Waals surface area contributed by atoms with E-state index in [1.165, 1.54) is 22.9 Å². The highest BCUT2D eigenvalue weighted by Crippen LogP contribution is 2.28. The zero-order valence-corrected chi connectivity index (χ0v) is 13.6. The fourth-order valence-corrected chi connectivity index (χ4v) is 3.47. The maximum atomic E-state index is 12.1. The van der Waals surface area contributed by atoms with Crippen molar-refractivity contribution in [3.8, 4) is 6.07 Å². The van der Waals surface area contributed by atoms with E-state index in [-0.39, 0.29) is 5.91 Å². The Balaban J connectivity index is 1.89. The van der Waals surface area contributed by atoms with Crippen molar-refractivity contribution in [2.45, 2.75) is 56.4 Å². The Morgan fingerprint density at radius 1 is 1.29 bits per heavy atom. The number of thioether (sulfide) groups is 1. The molecule has 2 rings (SSSR count). The number of carbonyl (C=O) groups excluding carboxylic acids is 1. The van der Waals surface area contributed by atoms with Crippen LogP contribution in [0.5, 0.6) is 0 Å². The lowest BCUT2D eigenvalue weighted by atomic mass is 9.83. The third kappa shape index (κ3) is 4.25. The number of nitrogens with one attached hydrogen (secondary N) is 1. The molecule has 3 nitrogen and oxygen atoms in total. The first kappa shape index (κ1) is 15.9. The van der Waals surface area contributed by atoms with Crippen LogP contribution in [0, 0.1) is 25.2 Å². The lowest BCUT2D eigenvalue weighted by molar-refractivity contribution is -0.120. The normalized spacial score (nSPS) is 17.0. The van der Waals surface area contributed by atoms with Crippen molar-refractivity contribution in [3.63, 3.8) is 0 Å². The Labute approximate surface area is 131 Å². The van der Waals surface area contributed by atoms with Gasteiger partial charge >= 0.3 is 0 Å². The van der Waals surface area contributed by atoms with Crippen LogP contribution in [0.15, 0.2) is 23.1 Å². The third-order valence-electron chi connectivity index (χ3n) is 4.15. The first-order valence-corrected chi connectivity index (χ1v) is 8.45. The van der Waals surface area contributed by atoms with Crippen LogP contribution in [-0.2, 0) is 4.79 Å². The summed E-state index contributed by atoms with van der Waals surface area (Å²) in [7, 11) is 0. The van der Waals surface area contributed by atoms with Crippen molar-refractivity contribution in [2.75, 3.05) is 5.75 Å². The third-order valence-corrected chi connectivity index (χ3v) is 5.14. The molecular weight excluding hydrogens is 280 g/mol. The predicted octanol–water partition coefficient (Wildman–Crippen LogP) is 3.74. The number of nitriles is 1. The largest absolute Gasteiger partial charge is 0.337 e. The summed E-state index contributed by atoms with van der Waals surface area (Å²) in [6.45, 7) is 4.16. The van der Waals surface area contributed by atoms with Crippen LogP contribution in [0.25, 0.3) is 0 Å². The molecular formula is C17H22N2OS. The van der Waals surface area contributed by atoms with Gasteiger partial charge in [-0.1, -0.05) is 25.3 Å². The van der Waals surface area contributed by atoms with Crippen molar-refractivity contribution in [1.82, 2.24) is 5.32 Å². The highest BCUT2D eigenvalue weighted by atomic mass is 32.2. The summed E-state index contributed by atoms with van der Waals surface area (Å²) >= 11 is 1.53. The Bertz CT molecular complexity index is 556. The number of hydrogen-bond donors (Lipinski definition) is 1. The van der Waals surface area contributed by atoms with Crippen molar-refractivity contribution in [1.29, 1.82) is 5.26 Å². The van der Waals surface area contributed by atoms with E-state index in [1.54, 1.807) is 0 Å². The van der Waals surface area contributed by atoms with E-state index in [9.17, 15) is 10.1 Å². The number of nitrogens with zero attached hydrogens (tertiary/aromatic N) is 1. The van der Waals surface area contributed by atoms with E-state index >= 15 is 0 Å². The van der Waals surface area contributed by atoms with Gasteiger partial charge in [-0.3, -0.25) is 4.79 Å². The van der Waals surface area contributed by atoms with E-state index in [0.717, 1.165) is 37.0 Å². The molecule has 1 aromatic carbocycles. The van der Waals surface area contributed by atoms with Gasteiger partial charge in [-0.25, -0.2) is 0 Å². The smallest absolute Gasteiger partial charge is 0.231 e. The molecule has 0 heterocycles. The standard InChI is InChI=1S/C17H22N2OS/c1-13-6-7-15(10-14(13)2)21-11-16(20)19-17(12-18)8-4-3-5-9-17/h6-7,10H,3-5,8-9,11H2,1-2H3,(H,19,20). The first-order chi connectivity index (χ1) is 10.0. The van der Waals surface area contributed by atoms with E-state index in [4.69, 9.17) is 0 Å².